The van der Waals surface area contributed by atoms with E-state index in [2.05, 4.69) is 20.0 Å². The number of rotatable bonds is 6. The van der Waals surface area contributed by atoms with Crippen LogP contribution in [0.3, 0.4) is 0 Å². The van der Waals surface area contributed by atoms with E-state index in [0.717, 1.165) is 6.42 Å². The number of aromatic nitrogens is 2. The maximum absolute atomic E-state index is 11.3. The van der Waals surface area contributed by atoms with Gasteiger partial charge in [0.1, 0.15) is 5.82 Å². The Morgan fingerprint density at radius 2 is 2.28 bits per heavy atom. The maximum Gasteiger partial charge on any atom is 0.358 e. The number of hydrogen-bond donors (Lipinski definition) is 2. The van der Waals surface area contributed by atoms with Crippen molar-refractivity contribution in [1.29, 1.82) is 0 Å². The van der Waals surface area contributed by atoms with Crippen LogP contribution in [0.4, 0.5) is 5.82 Å². The van der Waals surface area contributed by atoms with E-state index in [4.69, 9.17) is 5.11 Å². The Balaban J connectivity index is 2.87. The number of hydrogen-bond acceptors (Lipinski definition) is 6. The summed E-state index contributed by atoms with van der Waals surface area (Å²) < 4.78 is 4.59. The van der Waals surface area contributed by atoms with E-state index in [1.165, 1.54) is 19.5 Å². The van der Waals surface area contributed by atoms with Crippen LogP contribution in [0.5, 0.6) is 0 Å². The minimum atomic E-state index is -0.522. The number of anilines is 1. The molecule has 0 fully saturated rings. The fourth-order valence-corrected chi connectivity index (χ4v) is 1.51. The van der Waals surface area contributed by atoms with Crippen molar-refractivity contribution < 1.29 is 14.6 Å². The quantitative estimate of drug-likeness (QED) is 0.742. The number of nitrogens with one attached hydrogen (secondary N) is 1. The van der Waals surface area contributed by atoms with E-state index in [-0.39, 0.29) is 17.8 Å². The lowest BCUT2D eigenvalue weighted by molar-refractivity contribution is 0.0593. The van der Waals surface area contributed by atoms with Crippen LogP contribution in [0, 0.1) is 0 Å². The molecule has 1 unspecified atom stereocenters. The molecule has 6 heteroatoms. The second-order valence-corrected chi connectivity index (χ2v) is 4.29. The van der Waals surface area contributed by atoms with Gasteiger partial charge in [0, 0.05) is 12.1 Å². The summed E-state index contributed by atoms with van der Waals surface area (Å²) in [7, 11) is 1.30. The third-order valence-corrected chi connectivity index (χ3v) is 2.90. The molecule has 100 valence electrons. The molecule has 1 heterocycles. The van der Waals surface area contributed by atoms with Gasteiger partial charge in [0.25, 0.3) is 0 Å². The van der Waals surface area contributed by atoms with Gasteiger partial charge in [0.05, 0.1) is 19.5 Å². The number of nitrogens with zero attached hydrogens (tertiary/aromatic N) is 2. The number of carbonyl (C=O) groups is 1. The molecule has 0 saturated heterocycles. The molecule has 1 aromatic heterocycles. The van der Waals surface area contributed by atoms with Crippen molar-refractivity contribution in [1.82, 2.24) is 9.97 Å². The van der Waals surface area contributed by atoms with Gasteiger partial charge in [-0.15, -0.1) is 0 Å². The number of aliphatic hydroxyl groups is 1. The first-order valence-corrected chi connectivity index (χ1v) is 5.84. The van der Waals surface area contributed by atoms with Crippen LogP contribution in [0.1, 0.15) is 37.2 Å². The zero-order valence-electron chi connectivity index (χ0n) is 10.9. The van der Waals surface area contributed by atoms with Crippen molar-refractivity contribution in [2.24, 2.45) is 0 Å². The van der Waals surface area contributed by atoms with Gasteiger partial charge in [-0.05, 0) is 19.8 Å². The van der Waals surface area contributed by atoms with Crippen molar-refractivity contribution in [2.75, 3.05) is 19.0 Å². The van der Waals surface area contributed by atoms with Crippen LogP contribution in [0.15, 0.2) is 12.4 Å². The molecule has 0 bridgehead atoms. The summed E-state index contributed by atoms with van der Waals surface area (Å²) in [6.45, 7) is 4.08. The summed E-state index contributed by atoms with van der Waals surface area (Å²) in [5, 5.41) is 12.2. The molecule has 1 aromatic rings. The zero-order chi connectivity index (χ0) is 13.6. The van der Waals surface area contributed by atoms with Crippen molar-refractivity contribution in [3.05, 3.63) is 18.1 Å². The lowest BCUT2D eigenvalue weighted by atomic mass is 9.95. The lowest BCUT2D eigenvalue weighted by Crippen LogP contribution is -2.35. The Kier molecular flexibility index (Phi) is 5.03. The average Bonchev–Trinajstić information content (AvgIpc) is 2.38. The Labute approximate surface area is 106 Å². The molecule has 0 aliphatic heterocycles. The largest absolute Gasteiger partial charge is 0.464 e. The van der Waals surface area contributed by atoms with Gasteiger partial charge in [-0.3, -0.25) is 4.98 Å². The Hall–Kier alpha value is -1.69. The highest BCUT2D eigenvalue weighted by Crippen LogP contribution is 2.20. The summed E-state index contributed by atoms with van der Waals surface area (Å²) in [6.07, 6.45) is 4.30. The van der Waals surface area contributed by atoms with E-state index in [0.29, 0.717) is 12.2 Å². The molecule has 2 N–H and O–H groups in total. The van der Waals surface area contributed by atoms with E-state index >= 15 is 0 Å². The highest BCUT2D eigenvalue weighted by molar-refractivity contribution is 5.87. The first-order chi connectivity index (χ1) is 8.54. The van der Waals surface area contributed by atoms with Crippen molar-refractivity contribution in [3.63, 3.8) is 0 Å². The SMILES string of the molecule is CCC(C)(CCO)Nc1cncc(C(=O)OC)n1. The van der Waals surface area contributed by atoms with Gasteiger partial charge in [0.2, 0.25) is 0 Å². The van der Waals surface area contributed by atoms with E-state index in [1.807, 2.05) is 13.8 Å². The lowest BCUT2D eigenvalue weighted by Gasteiger charge is -2.29. The maximum atomic E-state index is 11.3. The molecule has 6 nitrogen and oxygen atoms in total. The number of esters is 1. The average molecular weight is 253 g/mol. The molecule has 0 spiro atoms. The van der Waals surface area contributed by atoms with E-state index in [9.17, 15) is 4.79 Å². The molecular weight excluding hydrogens is 234 g/mol. The minimum absolute atomic E-state index is 0.0848. The molecular formula is C12H19N3O3. The fraction of sp³-hybridized carbons (Fsp3) is 0.583. The molecule has 0 amide bonds. The summed E-state index contributed by atoms with van der Waals surface area (Å²) in [4.78, 5) is 19.4. The predicted molar refractivity (Wildman–Crippen MR) is 67.4 cm³/mol. The molecule has 1 atom stereocenters. The second kappa shape index (κ2) is 6.30. The van der Waals surface area contributed by atoms with Crippen molar-refractivity contribution in [2.45, 2.75) is 32.2 Å². The van der Waals surface area contributed by atoms with Crippen LogP contribution >= 0.6 is 0 Å². The number of methoxy groups -OCH3 is 1. The van der Waals surface area contributed by atoms with Gasteiger partial charge in [-0.2, -0.15) is 0 Å². The highest BCUT2D eigenvalue weighted by atomic mass is 16.5. The smallest absolute Gasteiger partial charge is 0.358 e. The van der Waals surface area contributed by atoms with Gasteiger partial charge >= 0.3 is 5.97 Å². The first kappa shape index (κ1) is 14.4. The third-order valence-electron chi connectivity index (χ3n) is 2.90. The van der Waals surface area contributed by atoms with Crippen LogP contribution in [-0.4, -0.2) is 40.3 Å². The van der Waals surface area contributed by atoms with Gasteiger partial charge < -0.3 is 15.2 Å². The molecule has 0 radical (unpaired) electrons. The van der Waals surface area contributed by atoms with Crippen LogP contribution in [0.2, 0.25) is 0 Å². The molecule has 18 heavy (non-hydrogen) atoms. The third kappa shape index (κ3) is 3.66. The molecule has 1 rings (SSSR count). The second-order valence-electron chi connectivity index (χ2n) is 4.29. The number of ether oxygens (including phenoxy) is 1. The Bertz CT molecular complexity index is 411. The monoisotopic (exact) mass is 253 g/mol. The van der Waals surface area contributed by atoms with Crippen LogP contribution in [-0.2, 0) is 4.74 Å². The normalized spacial score (nSPS) is 13.8. The summed E-state index contributed by atoms with van der Waals surface area (Å²) in [5.74, 6) is -0.0257. The molecule has 0 aliphatic carbocycles. The van der Waals surface area contributed by atoms with Crippen LogP contribution in [0.25, 0.3) is 0 Å². The highest BCUT2D eigenvalue weighted by Gasteiger charge is 2.22. The molecule has 0 saturated carbocycles. The number of aliphatic hydroxyl groups excluding tert-OH is 1. The number of carbonyl (C=O) groups excluding carboxylic acids is 1. The van der Waals surface area contributed by atoms with Gasteiger partial charge in [-0.25, -0.2) is 9.78 Å². The Morgan fingerprint density at radius 1 is 1.56 bits per heavy atom. The fourth-order valence-electron chi connectivity index (χ4n) is 1.51. The van der Waals surface area contributed by atoms with Crippen molar-refractivity contribution in [3.8, 4) is 0 Å². The summed E-state index contributed by atoms with van der Waals surface area (Å²) in [5.41, 5.74) is -0.122. The van der Waals surface area contributed by atoms with Gasteiger partial charge in [-0.1, -0.05) is 6.92 Å². The van der Waals surface area contributed by atoms with Crippen LogP contribution < -0.4 is 5.32 Å². The standard InChI is InChI=1S/C12H19N3O3/c1-4-12(2,5-6-16)15-10-8-13-7-9(14-10)11(17)18-3/h7-8,16H,4-6H2,1-3H3,(H,14,15). The van der Waals surface area contributed by atoms with E-state index < -0.39 is 5.97 Å². The summed E-state index contributed by atoms with van der Waals surface area (Å²) >= 11 is 0. The summed E-state index contributed by atoms with van der Waals surface area (Å²) in [6, 6.07) is 0. The molecule has 0 aromatic carbocycles. The topological polar surface area (TPSA) is 84.3 Å². The van der Waals surface area contributed by atoms with Crippen molar-refractivity contribution >= 4 is 11.8 Å². The Morgan fingerprint density at radius 3 is 2.83 bits per heavy atom. The first-order valence-electron chi connectivity index (χ1n) is 5.84. The zero-order valence-corrected chi connectivity index (χ0v) is 10.9. The van der Waals surface area contributed by atoms with Gasteiger partial charge in [0.15, 0.2) is 5.69 Å². The predicted octanol–water partition coefficient (Wildman–Crippen LogP) is 1.23. The molecule has 0 aliphatic rings. The minimum Gasteiger partial charge on any atom is -0.464 e. The van der Waals surface area contributed by atoms with E-state index in [1.54, 1.807) is 0 Å².